The van der Waals surface area contributed by atoms with Gasteiger partial charge >= 0.3 is 0 Å². The molecule has 0 aromatic heterocycles. The molecule has 27 heavy (non-hydrogen) atoms. The van der Waals surface area contributed by atoms with Crippen LogP contribution in [0.3, 0.4) is 0 Å². The summed E-state index contributed by atoms with van der Waals surface area (Å²) in [5, 5.41) is 11.5. The van der Waals surface area contributed by atoms with Crippen LogP contribution < -0.4 is 10.1 Å². The van der Waals surface area contributed by atoms with Crippen LogP contribution in [-0.2, 0) is 16.1 Å². The molecule has 142 valence electrons. The zero-order valence-electron chi connectivity index (χ0n) is 15.7. The molecule has 0 spiro atoms. The maximum Gasteiger partial charge on any atom is 0.254 e. The molecule has 2 aromatic rings. The topological polar surface area (TPSA) is 71.3 Å². The minimum atomic E-state index is -1.07. The van der Waals surface area contributed by atoms with Crippen molar-refractivity contribution in [2.75, 3.05) is 13.7 Å². The minimum Gasteiger partial charge on any atom is -0.493 e. The predicted octanol–water partition coefficient (Wildman–Crippen LogP) is 3.74. The molecule has 1 atom stereocenters. The number of nitrogens with zero attached hydrogens (tertiary/aromatic N) is 1. The van der Waals surface area contributed by atoms with E-state index >= 15 is 0 Å². The highest BCUT2D eigenvalue weighted by Gasteiger charge is 2.23. The lowest BCUT2D eigenvalue weighted by Crippen LogP contribution is -2.30. The first kappa shape index (κ1) is 20.4. The summed E-state index contributed by atoms with van der Waals surface area (Å²) >= 11 is 0. The molecule has 0 saturated heterocycles. The highest BCUT2D eigenvalue weighted by Crippen LogP contribution is 2.25. The molecule has 2 aromatic carbocycles. The lowest BCUT2D eigenvalue weighted by atomic mass is 10.1. The summed E-state index contributed by atoms with van der Waals surface area (Å²) in [5.41, 5.74) is 1.52. The average molecular weight is 370 g/mol. The van der Waals surface area contributed by atoms with Gasteiger partial charge in [0.2, 0.25) is 0 Å². The summed E-state index contributed by atoms with van der Waals surface area (Å²) in [7, 11) is 1.36. The van der Waals surface area contributed by atoms with Gasteiger partial charge in [0.25, 0.3) is 5.91 Å². The number of amides is 1. The van der Waals surface area contributed by atoms with Crippen molar-refractivity contribution in [3.63, 3.8) is 0 Å². The SMILES string of the molecule is CO[C@H](C(=O)NCc1ccc(C#N)cc1)c1ccc(OCC(C)C)cc1F. The number of halogens is 1. The third-order valence-electron chi connectivity index (χ3n) is 3.86. The molecule has 1 N–H and O–H groups in total. The van der Waals surface area contributed by atoms with E-state index in [0.29, 0.717) is 23.8 Å². The number of benzene rings is 2. The lowest BCUT2D eigenvalue weighted by Gasteiger charge is -2.17. The van der Waals surface area contributed by atoms with Gasteiger partial charge in [0.05, 0.1) is 18.2 Å². The summed E-state index contributed by atoms with van der Waals surface area (Å²) in [6.07, 6.45) is -1.07. The monoisotopic (exact) mass is 370 g/mol. The van der Waals surface area contributed by atoms with Crippen molar-refractivity contribution in [1.29, 1.82) is 5.26 Å². The van der Waals surface area contributed by atoms with Gasteiger partial charge in [-0.25, -0.2) is 4.39 Å². The Balaban J connectivity index is 2.03. The zero-order valence-corrected chi connectivity index (χ0v) is 15.7. The molecule has 1 amide bonds. The molecular formula is C21H23FN2O3. The van der Waals surface area contributed by atoms with Crippen LogP contribution in [0.5, 0.6) is 5.75 Å². The molecule has 0 radical (unpaired) electrons. The van der Waals surface area contributed by atoms with Crippen molar-refractivity contribution in [2.24, 2.45) is 5.92 Å². The average Bonchev–Trinajstić information content (AvgIpc) is 2.67. The van der Waals surface area contributed by atoms with Crippen molar-refractivity contribution in [3.8, 4) is 11.8 Å². The summed E-state index contributed by atoms with van der Waals surface area (Å²) in [5.74, 6) is -0.265. The number of carbonyl (C=O) groups excluding carboxylic acids is 1. The standard InChI is InChI=1S/C21H23FN2O3/c1-14(2)13-27-17-8-9-18(19(22)10-17)20(26-3)21(25)24-12-16-6-4-15(11-23)5-7-16/h4-10,14,20H,12-13H2,1-3H3,(H,24,25)/t20-/m0/s1. The quantitative estimate of drug-likeness (QED) is 0.768. The number of nitriles is 1. The molecular weight excluding hydrogens is 347 g/mol. The largest absolute Gasteiger partial charge is 0.493 e. The minimum absolute atomic E-state index is 0.145. The summed E-state index contributed by atoms with van der Waals surface area (Å²) in [6, 6.07) is 13.3. The van der Waals surface area contributed by atoms with E-state index in [4.69, 9.17) is 14.7 Å². The Morgan fingerprint density at radius 2 is 1.93 bits per heavy atom. The zero-order chi connectivity index (χ0) is 19.8. The number of rotatable bonds is 8. The first-order valence-corrected chi connectivity index (χ1v) is 8.66. The van der Waals surface area contributed by atoms with E-state index in [0.717, 1.165) is 5.56 Å². The number of hydrogen-bond acceptors (Lipinski definition) is 4. The van der Waals surface area contributed by atoms with Gasteiger partial charge < -0.3 is 14.8 Å². The summed E-state index contributed by atoms with van der Waals surface area (Å²) in [6.45, 7) is 4.74. The highest BCUT2D eigenvalue weighted by molar-refractivity contribution is 5.82. The van der Waals surface area contributed by atoms with Crippen molar-refractivity contribution < 1.29 is 18.7 Å². The third kappa shape index (κ3) is 5.80. The fraction of sp³-hybridized carbons (Fsp3) is 0.333. The Kier molecular flexibility index (Phi) is 7.33. The Morgan fingerprint density at radius 1 is 1.22 bits per heavy atom. The van der Waals surface area contributed by atoms with Crippen molar-refractivity contribution in [1.82, 2.24) is 5.32 Å². The van der Waals surface area contributed by atoms with Gasteiger partial charge in [0, 0.05) is 25.3 Å². The second-order valence-electron chi connectivity index (χ2n) is 6.53. The highest BCUT2D eigenvalue weighted by atomic mass is 19.1. The van der Waals surface area contributed by atoms with Crippen LogP contribution in [0.1, 0.15) is 36.6 Å². The van der Waals surface area contributed by atoms with Gasteiger partial charge in [-0.05, 0) is 35.7 Å². The Bertz CT molecular complexity index is 813. The molecule has 0 unspecified atom stereocenters. The van der Waals surface area contributed by atoms with Gasteiger partial charge in [-0.15, -0.1) is 0 Å². The number of hydrogen-bond donors (Lipinski definition) is 1. The molecule has 0 aliphatic carbocycles. The van der Waals surface area contributed by atoms with E-state index in [2.05, 4.69) is 5.32 Å². The fourth-order valence-electron chi connectivity index (χ4n) is 2.43. The van der Waals surface area contributed by atoms with Gasteiger partial charge in [-0.2, -0.15) is 5.26 Å². The molecule has 0 saturated carbocycles. The van der Waals surface area contributed by atoms with Crippen molar-refractivity contribution in [3.05, 3.63) is 65.0 Å². The van der Waals surface area contributed by atoms with E-state index in [1.54, 1.807) is 30.3 Å². The lowest BCUT2D eigenvalue weighted by molar-refractivity contribution is -0.131. The molecule has 0 heterocycles. The van der Waals surface area contributed by atoms with Crippen molar-refractivity contribution >= 4 is 5.91 Å². The van der Waals surface area contributed by atoms with Crippen molar-refractivity contribution in [2.45, 2.75) is 26.5 Å². The molecule has 6 heteroatoms. The number of methoxy groups -OCH3 is 1. The van der Waals surface area contributed by atoms with E-state index < -0.39 is 17.8 Å². The van der Waals surface area contributed by atoms with Crippen LogP contribution in [0.25, 0.3) is 0 Å². The Labute approximate surface area is 158 Å². The predicted molar refractivity (Wildman–Crippen MR) is 99.5 cm³/mol. The maximum absolute atomic E-state index is 14.4. The molecule has 0 aliphatic heterocycles. The first-order chi connectivity index (χ1) is 12.9. The Morgan fingerprint density at radius 3 is 2.48 bits per heavy atom. The number of ether oxygens (including phenoxy) is 2. The smallest absolute Gasteiger partial charge is 0.254 e. The maximum atomic E-state index is 14.4. The Hall–Kier alpha value is -2.91. The van der Waals surface area contributed by atoms with Gasteiger partial charge in [0.1, 0.15) is 11.6 Å². The second-order valence-corrected chi connectivity index (χ2v) is 6.53. The van der Waals surface area contributed by atoms with Crippen LogP contribution in [0.15, 0.2) is 42.5 Å². The summed E-state index contributed by atoms with van der Waals surface area (Å²) in [4.78, 5) is 12.4. The number of nitrogens with one attached hydrogen (secondary N) is 1. The van der Waals surface area contributed by atoms with Crippen LogP contribution in [0.2, 0.25) is 0 Å². The normalized spacial score (nSPS) is 11.7. The van der Waals surface area contributed by atoms with Gasteiger partial charge in [0.15, 0.2) is 6.10 Å². The van der Waals surface area contributed by atoms with E-state index in [1.807, 2.05) is 19.9 Å². The van der Waals surface area contributed by atoms with Gasteiger partial charge in [-0.3, -0.25) is 4.79 Å². The molecule has 0 fully saturated rings. The van der Waals surface area contributed by atoms with E-state index in [9.17, 15) is 9.18 Å². The molecule has 2 rings (SSSR count). The van der Waals surface area contributed by atoms with Crippen LogP contribution in [-0.4, -0.2) is 19.6 Å². The molecule has 0 bridgehead atoms. The van der Waals surface area contributed by atoms with Crippen LogP contribution in [0.4, 0.5) is 4.39 Å². The molecule has 5 nitrogen and oxygen atoms in total. The fourth-order valence-corrected chi connectivity index (χ4v) is 2.43. The summed E-state index contributed by atoms with van der Waals surface area (Å²) < 4.78 is 25.2. The molecule has 0 aliphatic rings. The number of carbonyl (C=O) groups is 1. The second kappa shape index (κ2) is 9.70. The third-order valence-corrected chi connectivity index (χ3v) is 3.86. The van der Waals surface area contributed by atoms with Crippen LogP contribution in [0, 0.1) is 23.1 Å². The van der Waals surface area contributed by atoms with E-state index in [1.165, 1.54) is 19.2 Å². The van der Waals surface area contributed by atoms with Gasteiger partial charge in [-0.1, -0.05) is 26.0 Å². The van der Waals surface area contributed by atoms with E-state index in [-0.39, 0.29) is 12.1 Å². The van der Waals surface area contributed by atoms with Crippen LogP contribution >= 0.6 is 0 Å². The first-order valence-electron chi connectivity index (χ1n) is 8.66.